The Bertz CT molecular complexity index is 888. The van der Waals surface area contributed by atoms with E-state index in [1.807, 2.05) is 24.4 Å². The third-order valence-corrected chi connectivity index (χ3v) is 6.97. The Labute approximate surface area is 158 Å². The molecule has 1 aromatic heterocycles. The number of nitrogens with zero attached hydrogens (tertiary/aromatic N) is 3. The van der Waals surface area contributed by atoms with Crippen molar-refractivity contribution in [2.45, 2.75) is 31.4 Å². The predicted octanol–water partition coefficient (Wildman–Crippen LogP) is 1.68. The maximum atomic E-state index is 13.2. The Hall–Kier alpha value is -2.19. The molecule has 3 heterocycles. The average Bonchev–Trinajstić information content (AvgIpc) is 3.41. The fourth-order valence-electron chi connectivity index (χ4n) is 3.77. The molecule has 2 saturated heterocycles. The molecule has 2 atom stereocenters. The van der Waals surface area contributed by atoms with Gasteiger partial charge in [0.2, 0.25) is 0 Å². The number of ether oxygens (including phenoxy) is 1. The summed E-state index contributed by atoms with van der Waals surface area (Å²) in [5.74, 6) is 0.0433. The number of aromatic nitrogens is 2. The van der Waals surface area contributed by atoms with E-state index >= 15 is 0 Å². The molecule has 8 heteroatoms. The molecule has 0 saturated carbocycles. The molecule has 2 fully saturated rings. The molecule has 7 nitrogen and oxygen atoms in total. The van der Waals surface area contributed by atoms with Crippen LogP contribution in [0.15, 0.2) is 42.7 Å². The van der Waals surface area contributed by atoms with Gasteiger partial charge in [0.1, 0.15) is 0 Å². The summed E-state index contributed by atoms with van der Waals surface area (Å²) in [6.45, 7) is 1.15. The van der Waals surface area contributed by atoms with E-state index in [0.29, 0.717) is 25.1 Å². The molecular formula is C19H23N3O4S. The van der Waals surface area contributed by atoms with Crippen molar-refractivity contribution in [1.82, 2.24) is 14.7 Å². The van der Waals surface area contributed by atoms with Crippen LogP contribution in [0.25, 0.3) is 5.69 Å². The lowest BCUT2D eigenvalue weighted by molar-refractivity contribution is 0.0441. The number of sulfone groups is 1. The van der Waals surface area contributed by atoms with E-state index in [-0.39, 0.29) is 29.6 Å². The van der Waals surface area contributed by atoms with Crippen molar-refractivity contribution >= 4 is 15.7 Å². The first kappa shape index (κ1) is 18.2. The van der Waals surface area contributed by atoms with Gasteiger partial charge in [-0.3, -0.25) is 4.79 Å². The minimum atomic E-state index is -3.07. The van der Waals surface area contributed by atoms with Gasteiger partial charge in [-0.15, -0.1) is 0 Å². The third-order valence-electron chi connectivity index (χ3n) is 5.22. The average molecular weight is 389 g/mol. The topological polar surface area (TPSA) is 81.5 Å². The lowest BCUT2D eigenvalue weighted by Gasteiger charge is -2.30. The van der Waals surface area contributed by atoms with Crippen LogP contribution in [-0.4, -0.2) is 65.8 Å². The first-order chi connectivity index (χ1) is 13.0. The number of carbonyl (C=O) groups is 1. The molecule has 0 N–H and O–H groups in total. The second kappa shape index (κ2) is 7.44. The molecule has 1 aromatic carbocycles. The normalized spacial score (nSPS) is 24.1. The number of carbonyl (C=O) groups excluding carboxylic acids is 1. The Morgan fingerprint density at radius 3 is 2.67 bits per heavy atom. The molecule has 2 aliphatic heterocycles. The Morgan fingerprint density at radius 1 is 1.26 bits per heavy atom. The highest BCUT2D eigenvalue weighted by molar-refractivity contribution is 7.91. The van der Waals surface area contributed by atoms with Crippen LogP contribution in [0.5, 0.6) is 0 Å². The summed E-state index contributed by atoms with van der Waals surface area (Å²) < 4.78 is 31.3. The summed E-state index contributed by atoms with van der Waals surface area (Å²) in [4.78, 5) is 14.9. The number of rotatable bonds is 5. The largest absolute Gasteiger partial charge is 0.376 e. The molecule has 4 rings (SSSR count). The molecule has 2 aromatic rings. The zero-order valence-electron chi connectivity index (χ0n) is 15.0. The van der Waals surface area contributed by atoms with E-state index in [0.717, 1.165) is 18.5 Å². The fraction of sp³-hybridized carbons (Fsp3) is 0.474. The monoisotopic (exact) mass is 389 g/mol. The molecule has 1 amide bonds. The molecule has 0 unspecified atom stereocenters. The zero-order chi connectivity index (χ0) is 18.9. The molecule has 0 aliphatic carbocycles. The summed E-state index contributed by atoms with van der Waals surface area (Å²) in [7, 11) is -3.07. The summed E-state index contributed by atoms with van der Waals surface area (Å²) in [5, 5.41) is 4.18. The van der Waals surface area contributed by atoms with E-state index in [1.165, 1.54) is 0 Å². The van der Waals surface area contributed by atoms with Crippen LogP contribution in [-0.2, 0) is 14.6 Å². The minimum Gasteiger partial charge on any atom is -0.376 e. The van der Waals surface area contributed by atoms with Crippen LogP contribution < -0.4 is 0 Å². The molecular weight excluding hydrogens is 366 g/mol. The maximum Gasteiger partial charge on any atom is 0.254 e. The van der Waals surface area contributed by atoms with Crippen LogP contribution in [0.1, 0.15) is 29.6 Å². The Balaban J connectivity index is 1.55. The van der Waals surface area contributed by atoms with Crippen LogP contribution in [0.2, 0.25) is 0 Å². The van der Waals surface area contributed by atoms with Crippen molar-refractivity contribution in [3.63, 3.8) is 0 Å². The number of hydrogen-bond acceptors (Lipinski definition) is 5. The highest BCUT2D eigenvalue weighted by atomic mass is 32.2. The predicted molar refractivity (Wildman–Crippen MR) is 101 cm³/mol. The number of hydrogen-bond donors (Lipinski definition) is 0. The minimum absolute atomic E-state index is 0.0133. The second-order valence-corrected chi connectivity index (χ2v) is 9.38. The summed E-state index contributed by atoms with van der Waals surface area (Å²) in [6, 6.07) is 8.78. The van der Waals surface area contributed by atoms with E-state index < -0.39 is 9.84 Å². The SMILES string of the molecule is O=C(c1ccc(-n2cccn2)cc1)N(C[C@H]1CCCO1)[C@@H]1CCS(=O)(=O)C1. The second-order valence-electron chi connectivity index (χ2n) is 7.15. The summed E-state index contributed by atoms with van der Waals surface area (Å²) >= 11 is 0. The molecule has 2 aliphatic rings. The van der Waals surface area contributed by atoms with Gasteiger partial charge in [-0.1, -0.05) is 0 Å². The standard InChI is InChI=1S/C19H23N3O4S/c23-19(15-4-6-16(7-5-15)22-10-2-9-20-22)21(13-18-3-1-11-26-18)17-8-12-27(24,25)14-17/h2,4-7,9-10,17-18H,1,3,8,11-14H2/t17-,18-/m1/s1. The zero-order valence-corrected chi connectivity index (χ0v) is 15.8. The molecule has 0 bridgehead atoms. The van der Waals surface area contributed by atoms with Crippen LogP contribution in [0.4, 0.5) is 0 Å². The van der Waals surface area contributed by atoms with Gasteiger partial charge in [0.05, 0.1) is 23.3 Å². The summed E-state index contributed by atoms with van der Waals surface area (Å²) in [6.07, 6.45) is 5.90. The Morgan fingerprint density at radius 2 is 2.07 bits per heavy atom. The van der Waals surface area contributed by atoms with E-state index in [9.17, 15) is 13.2 Å². The van der Waals surface area contributed by atoms with E-state index in [2.05, 4.69) is 5.10 Å². The van der Waals surface area contributed by atoms with Crippen LogP contribution in [0.3, 0.4) is 0 Å². The van der Waals surface area contributed by atoms with Gasteiger partial charge in [0.15, 0.2) is 9.84 Å². The highest BCUT2D eigenvalue weighted by Crippen LogP contribution is 2.23. The van der Waals surface area contributed by atoms with Gasteiger partial charge in [-0.05, 0) is 49.6 Å². The van der Waals surface area contributed by atoms with Crippen molar-refractivity contribution < 1.29 is 17.9 Å². The van der Waals surface area contributed by atoms with Crippen molar-refractivity contribution in [2.24, 2.45) is 0 Å². The van der Waals surface area contributed by atoms with Gasteiger partial charge in [-0.2, -0.15) is 5.10 Å². The number of benzene rings is 1. The van der Waals surface area contributed by atoms with Gasteiger partial charge < -0.3 is 9.64 Å². The van der Waals surface area contributed by atoms with Crippen molar-refractivity contribution in [3.05, 3.63) is 48.3 Å². The van der Waals surface area contributed by atoms with Crippen LogP contribution in [0, 0.1) is 0 Å². The van der Waals surface area contributed by atoms with Gasteiger partial charge >= 0.3 is 0 Å². The first-order valence-electron chi connectivity index (χ1n) is 9.25. The smallest absolute Gasteiger partial charge is 0.254 e. The van der Waals surface area contributed by atoms with E-state index in [1.54, 1.807) is 27.9 Å². The molecule has 0 radical (unpaired) electrons. The Kier molecular flexibility index (Phi) is 5.01. The van der Waals surface area contributed by atoms with Crippen molar-refractivity contribution in [3.8, 4) is 5.69 Å². The van der Waals surface area contributed by atoms with Crippen molar-refractivity contribution in [2.75, 3.05) is 24.7 Å². The van der Waals surface area contributed by atoms with Crippen LogP contribution >= 0.6 is 0 Å². The van der Waals surface area contributed by atoms with Crippen molar-refractivity contribution in [1.29, 1.82) is 0 Å². The number of amides is 1. The lowest BCUT2D eigenvalue weighted by atomic mass is 10.1. The molecule has 144 valence electrons. The summed E-state index contributed by atoms with van der Waals surface area (Å²) in [5.41, 5.74) is 1.42. The molecule has 0 spiro atoms. The van der Waals surface area contributed by atoms with Gasteiger partial charge in [0.25, 0.3) is 5.91 Å². The molecule has 27 heavy (non-hydrogen) atoms. The highest BCUT2D eigenvalue weighted by Gasteiger charge is 2.36. The lowest BCUT2D eigenvalue weighted by Crippen LogP contribution is -2.45. The van der Waals surface area contributed by atoms with E-state index in [4.69, 9.17) is 4.74 Å². The maximum absolute atomic E-state index is 13.2. The third kappa shape index (κ3) is 4.06. The van der Waals surface area contributed by atoms with Gasteiger partial charge in [0, 0.05) is 37.2 Å². The van der Waals surface area contributed by atoms with Gasteiger partial charge in [-0.25, -0.2) is 13.1 Å². The quantitative estimate of drug-likeness (QED) is 0.777. The first-order valence-corrected chi connectivity index (χ1v) is 11.1. The fourth-order valence-corrected chi connectivity index (χ4v) is 5.50.